The normalized spacial score (nSPS) is 16.8. The molecule has 0 amide bonds. The van der Waals surface area contributed by atoms with Gasteiger partial charge >= 0.3 is 0 Å². The Bertz CT molecular complexity index is 567. The molecule has 100 valence electrons. The summed E-state index contributed by atoms with van der Waals surface area (Å²) in [5.41, 5.74) is 1.52. The highest BCUT2D eigenvalue weighted by atomic mass is 15.2. The van der Waals surface area contributed by atoms with Crippen LogP contribution in [-0.2, 0) is 0 Å². The molecule has 2 aromatic heterocycles. The topological polar surface area (TPSA) is 53.9 Å². The molecule has 1 N–H and O–H groups in total. The van der Waals surface area contributed by atoms with E-state index in [1.54, 1.807) is 12.4 Å². The number of likely N-dealkylation sites (N-methyl/N-ethyl adjacent to an activating group) is 1. The summed E-state index contributed by atoms with van der Waals surface area (Å²) >= 11 is 0. The fourth-order valence-electron chi connectivity index (χ4n) is 2.19. The molecule has 1 unspecified atom stereocenters. The second kappa shape index (κ2) is 5.09. The van der Waals surface area contributed by atoms with Gasteiger partial charge in [-0.3, -0.25) is 9.88 Å². The van der Waals surface area contributed by atoms with Crippen LogP contribution in [0.3, 0.4) is 0 Å². The van der Waals surface area contributed by atoms with Crippen LogP contribution in [0.1, 0.15) is 19.8 Å². The third-order valence-electron chi connectivity index (χ3n) is 3.73. The number of pyridine rings is 1. The smallest absolute Gasteiger partial charge is 0.180 e. The number of nitrogens with zero attached hydrogens (tertiary/aromatic N) is 4. The number of hydrogen-bond acceptors (Lipinski definition) is 5. The fourth-order valence-corrected chi connectivity index (χ4v) is 2.19. The summed E-state index contributed by atoms with van der Waals surface area (Å²) in [7, 11) is 2.20. The molecule has 5 heteroatoms. The van der Waals surface area contributed by atoms with E-state index in [0.717, 1.165) is 23.9 Å². The van der Waals surface area contributed by atoms with Crippen LogP contribution >= 0.6 is 0 Å². The van der Waals surface area contributed by atoms with Crippen molar-refractivity contribution in [3.8, 4) is 0 Å². The number of rotatable bonds is 5. The van der Waals surface area contributed by atoms with E-state index >= 15 is 0 Å². The van der Waals surface area contributed by atoms with Gasteiger partial charge in [-0.25, -0.2) is 9.97 Å². The molecule has 0 radical (unpaired) electrons. The Morgan fingerprint density at radius 1 is 1.32 bits per heavy atom. The maximum absolute atomic E-state index is 4.46. The Kier molecular flexibility index (Phi) is 3.29. The van der Waals surface area contributed by atoms with Crippen molar-refractivity contribution in [3.05, 3.63) is 24.5 Å². The van der Waals surface area contributed by atoms with Gasteiger partial charge in [-0.15, -0.1) is 0 Å². The average Bonchev–Trinajstić information content (AvgIpc) is 3.28. The third-order valence-corrected chi connectivity index (χ3v) is 3.73. The van der Waals surface area contributed by atoms with Crippen LogP contribution in [-0.4, -0.2) is 45.5 Å². The van der Waals surface area contributed by atoms with Crippen LogP contribution in [0.15, 0.2) is 24.5 Å². The van der Waals surface area contributed by atoms with Gasteiger partial charge in [0.2, 0.25) is 0 Å². The summed E-state index contributed by atoms with van der Waals surface area (Å²) in [5, 5.41) is 3.38. The van der Waals surface area contributed by atoms with Crippen molar-refractivity contribution >= 4 is 17.0 Å². The highest BCUT2D eigenvalue weighted by Crippen LogP contribution is 2.26. The number of fused-ring (bicyclic) bond motifs is 1. The zero-order chi connectivity index (χ0) is 13.2. The standard InChI is InChI=1S/C14H19N5/c1-10(19(2)11-3-4-11)9-17-13-6-5-12-14(18-13)16-8-7-15-12/h5-8,10-11H,3-4,9H2,1-2H3,(H,16,17,18). The maximum atomic E-state index is 4.46. The summed E-state index contributed by atoms with van der Waals surface area (Å²) in [6.45, 7) is 3.14. The second-order valence-electron chi connectivity index (χ2n) is 5.22. The predicted octanol–water partition coefficient (Wildman–Crippen LogP) is 1.92. The van der Waals surface area contributed by atoms with E-state index < -0.39 is 0 Å². The average molecular weight is 257 g/mol. The van der Waals surface area contributed by atoms with E-state index in [2.05, 4.69) is 39.1 Å². The number of aromatic nitrogens is 3. The molecular formula is C14H19N5. The van der Waals surface area contributed by atoms with Gasteiger partial charge in [0.05, 0.1) is 0 Å². The minimum absolute atomic E-state index is 0.506. The molecule has 0 aliphatic heterocycles. The SMILES string of the molecule is CC(CNc1ccc2nccnc2n1)N(C)C1CC1. The summed E-state index contributed by atoms with van der Waals surface area (Å²) in [4.78, 5) is 15.3. The Hall–Kier alpha value is -1.75. The van der Waals surface area contributed by atoms with Crippen molar-refractivity contribution in [1.82, 2.24) is 19.9 Å². The minimum Gasteiger partial charge on any atom is -0.368 e. The predicted molar refractivity (Wildman–Crippen MR) is 76.1 cm³/mol. The number of hydrogen-bond donors (Lipinski definition) is 1. The molecule has 1 fully saturated rings. The molecule has 0 aromatic carbocycles. The van der Waals surface area contributed by atoms with Crippen molar-refractivity contribution in [2.45, 2.75) is 31.8 Å². The van der Waals surface area contributed by atoms with Crippen molar-refractivity contribution in [3.63, 3.8) is 0 Å². The monoisotopic (exact) mass is 257 g/mol. The number of anilines is 1. The first-order valence-electron chi connectivity index (χ1n) is 6.77. The maximum Gasteiger partial charge on any atom is 0.180 e. The van der Waals surface area contributed by atoms with Gasteiger partial charge < -0.3 is 5.32 Å². The Morgan fingerprint density at radius 2 is 2.11 bits per heavy atom. The first-order chi connectivity index (χ1) is 9.24. The van der Waals surface area contributed by atoms with Crippen molar-refractivity contribution in [1.29, 1.82) is 0 Å². The van der Waals surface area contributed by atoms with Crippen LogP contribution < -0.4 is 5.32 Å². The largest absolute Gasteiger partial charge is 0.368 e. The molecule has 1 saturated carbocycles. The summed E-state index contributed by atoms with van der Waals surface area (Å²) in [6, 6.07) is 5.20. The molecular weight excluding hydrogens is 238 g/mol. The molecule has 0 saturated heterocycles. The van der Waals surface area contributed by atoms with Crippen molar-refractivity contribution in [2.75, 3.05) is 18.9 Å². The molecule has 1 aliphatic rings. The van der Waals surface area contributed by atoms with Gasteiger partial charge in [0, 0.05) is 31.0 Å². The molecule has 0 spiro atoms. The van der Waals surface area contributed by atoms with E-state index in [-0.39, 0.29) is 0 Å². The molecule has 1 aliphatic carbocycles. The Labute approximate surface area is 113 Å². The lowest BCUT2D eigenvalue weighted by Crippen LogP contribution is -2.36. The zero-order valence-electron chi connectivity index (χ0n) is 11.4. The van der Waals surface area contributed by atoms with Gasteiger partial charge in [0.25, 0.3) is 0 Å². The minimum atomic E-state index is 0.506. The molecule has 2 heterocycles. The van der Waals surface area contributed by atoms with E-state index in [1.807, 2.05) is 12.1 Å². The van der Waals surface area contributed by atoms with Crippen LogP contribution in [0.5, 0.6) is 0 Å². The van der Waals surface area contributed by atoms with E-state index in [4.69, 9.17) is 0 Å². The lowest BCUT2D eigenvalue weighted by molar-refractivity contribution is 0.257. The highest BCUT2D eigenvalue weighted by molar-refractivity contribution is 5.71. The fraction of sp³-hybridized carbons (Fsp3) is 0.500. The van der Waals surface area contributed by atoms with Gasteiger partial charge in [-0.2, -0.15) is 0 Å². The van der Waals surface area contributed by atoms with Crippen molar-refractivity contribution < 1.29 is 0 Å². The molecule has 3 rings (SSSR count). The van der Waals surface area contributed by atoms with E-state index in [9.17, 15) is 0 Å². The highest BCUT2D eigenvalue weighted by Gasteiger charge is 2.28. The van der Waals surface area contributed by atoms with Crippen LogP contribution in [0.2, 0.25) is 0 Å². The lowest BCUT2D eigenvalue weighted by atomic mass is 10.3. The molecule has 0 bridgehead atoms. The number of nitrogens with one attached hydrogen (secondary N) is 1. The first kappa shape index (κ1) is 12.3. The molecule has 19 heavy (non-hydrogen) atoms. The van der Waals surface area contributed by atoms with Crippen LogP contribution in [0.25, 0.3) is 11.2 Å². The first-order valence-corrected chi connectivity index (χ1v) is 6.77. The lowest BCUT2D eigenvalue weighted by Gasteiger charge is -2.24. The summed E-state index contributed by atoms with van der Waals surface area (Å²) < 4.78 is 0. The Balaban J connectivity index is 1.64. The third kappa shape index (κ3) is 2.81. The van der Waals surface area contributed by atoms with E-state index in [1.165, 1.54) is 12.8 Å². The van der Waals surface area contributed by atoms with Gasteiger partial charge in [0.15, 0.2) is 5.65 Å². The van der Waals surface area contributed by atoms with Gasteiger partial charge in [-0.05, 0) is 38.9 Å². The van der Waals surface area contributed by atoms with Gasteiger partial charge in [-0.1, -0.05) is 0 Å². The summed E-state index contributed by atoms with van der Waals surface area (Å²) in [6.07, 6.45) is 6.03. The zero-order valence-corrected chi connectivity index (χ0v) is 11.4. The quantitative estimate of drug-likeness (QED) is 0.887. The van der Waals surface area contributed by atoms with Crippen LogP contribution in [0.4, 0.5) is 5.82 Å². The second-order valence-corrected chi connectivity index (χ2v) is 5.22. The molecule has 5 nitrogen and oxygen atoms in total. The van der Waals surface area contributed by atoms with Crippen molar-refractivity contribution in [2.24, 2.45) is 0 Å². The van der Waals surface area contributed by atoms with Gasteiger partial charge in [0.1, 0.15) is 11.3 Å². The molecule has 1 atom stereocenters. The van der Waals surface area contributed by atoms with Crippen LogP contribution in [0, 0.1) is 0 Å². The molecule has 2 aromatic rings. The summed E-state index contributed by atoms with van der Waals surface area (Å²) in [5.74, 6) is 0.865. The van der Waals surface area contributed by atoms with E-state index in [0.29, 0.717) is 11.7 Å². The Morgan fingerprint density at radius 3 is 2.89 bits per heavy atom.